The summed E-state index contributed by atoms with van der Waals surface area (Å²) >= 11 is 1.36. The normalized spacial score (nSPS) is 13.5. The molecule has 0 bridgehead atoms. The van der Waals surface area contributed by atoms with Crippen molar-refractivity contribution in [3.05, 3.63) is 11.1 Å². The number of carbonyl (C=O) groups is 1. The number of hydrogen-bond donors (Lipinski definition) is 2. The van der Waals surface area contributed by atoms with Crippen molar-refractivity contribution < 1.29 is 9.53 Å². The molecule has 0 aromatic carbocycles. The van der Waals surface area contributed by atoms with Gasteiger partial charge in [-0.25, -0.2) is 4.98 Å². The number of amides is 1. The zero-order valence-electron chi connectivity index (χ0n) is 10.6. The van der Waals surface area contributed by atoms with E-state index in [1.807, 2.05) is 33.1 Å². The van der Waals surface area contributed by atoms with Gasteiger partial charge in [-0.1, -0.05) is 0 Å². The lowest BCUT2D eigenvalue weighted by atomic mass is 10.2. The summed E-state index contributed by atoms with van der Waals surface area (Å²) in [5.41, 5.74) is 6.14. The summed E-state index contributed by atoms with van der Waals surface area (Å²) < 4.78 is 5.36. The minimum Gasteiger partial charge on any atom is -0.366 e. The second-order valence-corrected chi connectivity index (χ2v) is 5.67. The maximum Gasteiger partial charge on any atom is 0.252 e. The van der Waals surface area contributed by atoms with Crippen molar-refractivity contribution in [1.82, 2.24) is 4.98 Å². The van der Waals surface area contributed by atoms with Crippen molar-refractivity contribution in [1.29, 1.82) is 0 Å². The lowest BCUT2D eigenvalue weighted by Gasteiger charge is -2.18. The van der Waals surface area contributed by atoms with Crippen LogP contribution in [0.25, 0.3) is 0 Å². The van der Waals surface area contributed by atoms with Gasteiger partial charge in [0.05, 0.1) is 11.3 Å². The first-order valence-electron chi connectivity index (χ1n) is 5.43. The first-order chi connectivity index (χ1) is 7.78. The summed E-state index contributed by atoms with van der Waals surface area (Å²) in [7, 11) is 0. The van der Waals surface area contributed by atoms with Gasteiger partial charge in [0.25, 0.3) is 5.91 Å². The Morgan fingerprint density at radius 2 is 2.29 bits per heavy atom. The van der Waals surface area contributed by atoms with Crippen LogP contribution in [-0.2, 0) is 9.53 Å². The molecular formula is C11H19N3O2S. The Bertz CT molecular complexity index is 382. The molecule has 0 aliphatic heterocycles. The SMILES string of the molecule is CC(N)c1csc(NC(=O)COC(C)(C)C)n1. The van der Waals surface area contributed by atoms with Crippen LogP contribution in [-0.4, -0.2) is 23.1 Å². The van der Waals surface area contributed by atoms with Gasteiger partial charge in [-0.05, 0) is 27.7 Å². The van der Waals surface area contributed by atoms with E-state index in [9.17, 15) is 4.79 Å². The van der Waals surface area contributed by atoms with E-state index >= 15 is 0 Å². The zero-order chi connectivity index (χ0) is 13.1. The summed E-state index contributed by atoms with van der Waals surface area (Å²) in [6.07, 6.45) is 0. The number of ether oxygens (including phenoxy) is 1. The molecule has 6 heteroatoms. The van der Waals surface area contributed by atoms with Gasteiger partial charge in [-0.3, -0.25) is 10.1 Å². The van der Waals surface area contributed by atoms with Crippen molar-refractivity contribution in [2.75, 3.05) is 11.9 Å². The van der Waals surface area contributed by atoms with Crippen molar-refractivity contribution >= 4 is 22.4 Å². The van der Waals surface area contributed by atoms with Gasteiger partial charge < -0.3 is 10.5 Å². The van der Waals surface area contributed by atoms with E-state index in [-0.39, 0.29) is 24.2 Å². The Hall–Kier alpha value is -0.980. The number of rotatable bonds is 4. The van der Waals surface area contributed by atoms with Gasteiger partial charge in [0.1, 0.15) is 6.61 Å². The average Bonchev–Trinajstić information content (AvgIpc) is 2.62. The van der Waals surface area contributed by atoms with E-state index in [1.54, 1.807) is 0 Å². The van der Waals surface area contributed by atoms with Gasteiger partial charge in [-0.2, -0.15) is 0 Å². The van der Waals surface area contributed by atoms with Gasteiger partial charge in [0.2, 0.25) is 0 Å². The van der Waals surface area contributed by atoms with E-state index < -0.39 is 0 Å². The Morgan fingerprint density at radius 3 is 2.76 bits per heavy atom. The molecular weight excluding hydrogens is 238 g/mol. The topological polar surface area (TPSA) is 77.2 Å². The fourth-order valence-corrected chi connectivity index (χ4v) is 1.82. The van der Waals surface area contributed by atoms with Crippen LogP contribution in [0, 0.1) is 0 Å². The average molecular weight is 257 g/mol. The number of nitrogens with two attached hydrogens (primary N) is 1. The molecule has 0 aliphatic rings. The van der Waals surface area contributed by atoms with Crippen LogP contribution >= 0.6 is 11.3 Å². The molecule has 0 fully saturated rings. The predicted molar refractivity (Wildman–Crippen MR) is 69.1 cm³/mol. The highest BCUT2D eigenvalue weighted by Crippen LogP contribution is 2.19. The maximum atomic E-state index is 11.5. The van der Waals surface area contributed by atoms with Gasteiger partial charge >= 0.3 is 0 Å². The van der Waals surface area contributed by atoms with Crippen molar-refractivity contribution in [3.8, 4) is 0 Å². The molecule has 1 unspecified atom stereocenters. The number of aromatic nitrogens is 1. The summed E-state index contributed by atoms with van der Waals surface area (Å²) in [5.74, 6) is -0.203. The van der Waals surface area contributed by atoms with E-state index in [0.29, 0.717) is 5.13 Å². The highest BCUT2D eigenvalue weighted by Gasteiger charge is 2.14. The number of anilines is 1. The molecule has 1 aromatic rings. The van der Waals surface area contributed by atoms with Crippen LogP contribution in [0.1, 0.15) is 39.4 Å². The zero-order valence-corrected chi connectivity index (χ0v) is 11.4. The molecule has 1 rings (SSSR count). The van der Waals surface area contributed by atoms with Crippen LogP contribution in [0.5, 0.6) is 0 Å². The standard InChI is InChI=1S/C11H19N3O2S/c1-7(12)8-6-17-10(13-8)14-9(15)5-16-11(2,3)4/h6-7H,5,12H2,1-4H3,(H,13,14,15). The number of carbonyl (C=O) groups excluding carboxylic acids is 1. The molecule has 0 aliphatic carbocycles. The van der Waals surface area contributed by atoms with E-state index in [0.717, 1.165) is 5.69 Å². The van der Waals surface area contributed by atoms with E-state index in [1.165, 1.54) is 11.3 Å². The molecule has 5 nitrogen and oxygen atoms in total. The minimum absolute atomic E-state index is 0.0244. The number of hydrogen-bond acceptors (Lipinski definition) is 5. The molecule has 17 heavy (non-hydrogen) atoms. The highest BCUT2D eigenvalue weighted by molar-refractivity contribution is 7.13. The molecule has 1 heterocycles. The monoisotopic (exact) mass is 257 g/mol. The van der Waals surface area contributed by atoms with Crippen molar-refractivity contribution in [2.24, 2.45) is 5.73 Å². The first-order valence-corrected chi connectivity index (χ1v) is 6.31. The Morgan fingerprint density at radius 1 is 1.65 bits per heavy atom. The van der Waals surface area contributed by atoms with E-state index in [2.05, 4.69) is 10.3 Å². The smallest absolute Gasteiger partial charge is 0.252 e. The Balaban J connectivity index is 2.45. The Kier molecular flexibility index (Phi) is 4.62. The first kappa shape index (κ1) is 14.1. The lowest BCUT2D eigenvalue weighted by molar-refractivity contribution is -0.125. The Labute approximate surface area is 105 Å². The second kappa shape index (κ2) is 5.57. The molecule has 1 atom stereocenters. The fourth-order valence-electron chi connectivity index (χ4n) is 0.990. The molecule has 0 saturated carbocycles. The van der Waals surface area contributed by atoms with Crippen molar-refractivity contribution in [2.45, 2.75) is 39.3 Å². The highest BCUT2D eigenvalue weighted by atomic mass is 32.1. The van der Waals surface area contributed by atoms with Crippen molar-refractivity contribution in [3.63, 3.8) is 0 Å². The molecule has 0 saturated heterocycles. The van der Waals surface area contributed by atoms with Crippen LogP contribution in [0.4, 0.5) is 5.13 Å². The number of nitrogens with one attached hydrogen (secondary N) is 1. The number of thiazole rings is 1. The summed E-state index contributed by atoms with van der Waals surface area (Å²) in [5, 5.41) is 5.07. The molecule has 96 valence electrons. The van der Waals surface area contributed by atoms with Crippen LogP contribution in [0.15, 0.2) is 5.38 Å². The summed E-state index contributed by atoms with van der Waals surface area (Å²) in [6, 6.07) is -0.122. The predicted octanol–water partition coefficient (Wildman–Crippen LogP) is 1.92. The third-order valence-corrected chi connectivity index (χ3v) is 2.65. The minimum atomic E-state index is -0.322. The second-order valence-electron chi connectivity index (χ2n) is 4.82. The fraction of sp³-hybridized carbons (Fsp3) is 0.636. The largest absolute Gasteiger partial charge is 0.366 e. The summed E-state index contributed by atoms with van der Waals surface area (Å²) in [4.78, 5) is 15.7. The van der Waals surface area contributed by atoms with Gasteiger partial charge in [-0.15, -0.1) is 11.3 Å². The van der Waals surface area contributed by atoms with Crippen LogP contribution < -0.4 is 11.1 Å². The van der Waals surface area contributed by atoms with E-state index in [4.69, 9.17) is 10.5 Å². The molecule has 1 aromatic heterocycles. The number of nitrogens with zero attached hydrogens (tertiary/aromatic N) is 1. The molecule has 0 radical (unpaired) electrons. The molecule has 0 spiro atoms. The third kappa shape index (κ3) is 5.25. The van der Waals surface area contributed by atoms with Gasteiger partial charge in [0, 0.05) is 11.4 Å². The van der Waals surface area contributed by atoms with Gasteiger partial charge in [0.15, 0.2) is 5.13 Å². The van der Waals surface area contributed by atoms with Crippen LogP contribution in [0.3, 0.4) is 0 Å². The maximum absolute atomic E-state index is 11.5. The van der Waals surface area contributed by atoms with Crippen LogP contribution in [0.2, 0.25) is 0 Å². The molecule has 3 N–H and O–H groups in total. The third-order valence-electron chi connectivity index (χ3n) is 1.87. The summed E-state index contributed by atoms with van der Waals surface area (Å²) in [6.45, 7) is 7.58. The lowest BCUT2D eigenvalue weighted by Crippen LogP contribution is -2.27. The molecule has 1 amide bonds. The quantitative estimate of drug-likeness (QED) is 0.864.